The first-order valence-corrected chi connectivity index (χ1v) is 11.8. The molecular weight excluding hydrogens is 462 g/mol. The number of amides is 2. The maximum Gasteiger partial charge on any atom is 0.255 e. The lowest BCUT2D eigenvalue weighted by Gasteiger charge is -2.16. The van der Waals surface area contributed by atoms with E-state index in [1.165, 1.54) is 0 Å². The maximum absolute atomic E-state index is 13.1. The van der Waals surface area contributed by atoms with Gasteiger partial charge >= 0.3 is 0 Å². The fraction of sp³-hybridized carbons (Fsp3) is 0.192. The van der Waals surface area contributed by atoms with Crippen LogP contribution in [0, 0.1) is 0 Å². The van der Waals surface area contributed by atoms with Crippen molar-refractivity contribution in [1.82, 2.24) is 0 Å². The molecule has 182 valence electrons. The zero-order valence-electron chi connectivity index (χ0n) is 19.6. The molecule has 0 aliphatic heterocycles. The SMILES string of the molecule is CC(C)(O)CCN=Cc1cc(NC(=O)c2cccc(SN)c2)c(-c2ccc(C(N)=O)cc2)cc1N. The first-order chi connectivity index (χ1) is 16.6. The number of nitrogens with one attached hydrogen (secondary N) is 1. The molecule has 8 N–H and O–H groups in total. The highest BCUT2D eigenvalue weighted by Crippen LogP contribution is 2.33. The van der Waals surface area contributed by atoms with Gasteiger partial charge in [-0.05, 0) is 80.2 Å². The molecule has 9 heteroatoms. The number of benzene rings is 3. The predicted octanol–water partition coefficient (Wildman–Crippen LogP) is 3.83. The van der Waals surface area contributed by atoms with Crippen molar-refractivity contribution >= 4 is 41.4 Å². The number of aliphatic imine (C=N–C) groups is 1. The Morgan fingerprint density at radius 3 is 2.43 bits per heavy atom. The summed E-state index contributed by atoms with van der Waals surface area (Å²) in [5.41, 5.74) is 14.7. The minimum atomic E-state index is -0.820. The van der Waals surface area contributed by atoms with E-state index in [1.807, 2.05) is 6.07 Å². The highest BCUT2D eigenvalue weighted by molar-refractivity contribution is 7.97. The lowest BCUT2D eigenvalue weighted by molar-refractivity contribution is 0.0739. The molecule has 0 unspecified atom stereocenters. The summed E-state index contributed by atoms with van der Waals surface area (Å²) in [5.74, 6) is -0.842. The molecule has 0 spiro atoms. The Labute approximate surface area is 208 Å². The molecule has 35 heavy (non-hydrogen) atoms. The zero-order chi connectivity index (χ0) is 25.6. The van der Waals surface area contributed by atoms with Crippen LogP contribution in [0.2, 0.25) is 0 Å². The number of anilines is 2. The number of aliphatic hydroxyl groups is 1. The summed E-state index contributed by atoms with van der Waals surface area (Å²) in [5, 5.41) is 18.5. The van der Waals surface area contributed by atoms with Gasteiger partial charge in [-0.3, -0.25) is 19.7 Å². The molecule has 0 saturated heterocycles. The van der Waals surface area contributed by atoms with Crippen molar-refractivity contribution in [3.8, 4) is 11.1 Å². The van der Waals surface area contributed by atoms with Crippen LogP contribution in [0.3, 0.4) is 0 Å². The Morgan fingerprint density at radius 1 is 1.09 bits per heavy atom. The summed E-state index contributed by atoms with van der Waals surface area (Å²) >= 11 is 1.06. The minimum Gasteiger partial charge on any atom is -0.398 e. The third-order valence-corrected chi connectivity index (χ3v) is 5.79. The highest BCUT2D eigenvalue weighted by atomic mass is 32.2. The number of nitrogen functional groups attached to an aromatic ring is 1. The third-order valence-electron chi connectivity index (χ3n) is 5.27. The molecular formula is C26H29N5O3S. The fourth-order valence-electron chi connectivity index (χ4n) is 3.31. The summed E-state index contributed by atoms with van der Waals surface area (Å²) in [4.78, 5) is 29.7. The van der Waals surface area contributed by atoms with E-state index in [-0.39, 0.29) is 5.91 Å². The third kappa shape index (κ3) is 7.16. The summed E-state index contributed by atoms with van der Waals surface area (Å²) in [6.07, 6.45) is 2.12. The summed E-state index contributed by atoms with van der Waals surface area (Å²) < 4.78 is 0. The molecule has 0 aliphatic rings. The summed E-state index contributed by atoms with van der Waals surface area (Å²) in [6.45, 7) is 3.87. The molecule has 3 aromatic rings. The minimum absolute atomic E-state index is 0.314. The zero-order valence-corrected chi connectivity index (χ0v) is 20.4. The van der Waals surface area contributed by atoms with Crippen molar-refractivity contribution in [3.63, 3.8) is 0 Å². The lowest BCUT2D eigenvalue weighted by atomic mass is 9.98. The van der Waals surface area contributed by atoms with Crippen molar-refractivity contribution in [2.45, 2.75) is 30.8 Å². The smallest absolute Gasteiger partial charge is 0.255 e. The Balaban J connectivity index is 1.99. The second-order valence-electron chi connectivity index (χ2n) is 8.67. The van der Waals surface area contributed by atoms with Gasteiger partial charge in [0.1, 0.15) is 0 Å². The molecule has 0 bridgehead atoms. The van der Waals surface area contributed by atoms with E-state index in [9.17, 15) is 14.7 Å². The van der Waals surface area contributed by atoms with Crippen LogP contribution in [0.4, 0.5) is 11.4 Å². The molecule has 2 amide bonds. The number of primary amides is 1. The van der Waals surface area contributed by atoms with E-state index in [1.54, 1.807) is 74.7 Å². The molecule has 0 radical (unpaired) electrons. The van der Waals surface area contributed by atoms with Crippen LogP contribution in [0.5, 0.6) is 0 Å². The summed E-state index contributed by atoms with van der Waals surface area (Å²) in [6, 6.07) is 17.2. The van der Waals surface area contributed by atoms with Gasteiger partial charge < -0.3 is 21.9 Å². The lowest BCUT2D eigenvalue weighted by Crippen LogP contribution is -2.19. The Morgan fingerprint density at radius 2 is 1.80 bits per heavy atom. The topological polar surface area (TPSA) is 157 Å². The molecule has 0 atom stereocenters. The molecule has 0 aliphatic carbocycles. The molecule has 0 fully saturated rings. The Hall–Kier alpha value is -3.66. The van der Waals surface area contributed by atoms with Gasteiger partial charge in [0.2, 0.25) is 5.91 Å². The fourth-order valence-corrected chi connectivity index (χ4v) is 3.66. The van der Waals surface area contributed by atoms with E-state index >= 15 is 0 Å². The molecule has 8 nitrogen and oxygen atoms in total. The predicted molar refractivity (Wildman–Crippen MR) is 143 cm³/mol. The number of nitrogens with two attached hydrogens (primary N) is 3. The van der Waals surface area contributed by atoms with E-state index in [2.05, 4.69) is 10.3 Å². The normalized spacial score (nSPS) is 11.5. The van der Waals surface area contributed by atoms with Crippen molar-refractivity contribution in [2.75, 3.05) is 17.6 Å². The average molecular weight is 492 g/mol. The number of carbonyl (C=O) groups is 2. The number of hydrogen-bond donors (Lipinski definition) is 5. The Bertz CT molecular complexity index is 1250. The van der Waals surface area contributed by atoms with Gasteiger partial charge in [0.15, 0.2) is 0 Å². The first-order valence-electron chi connectivity index (χ1n) is 10.9. The van der Waals surface area contributed by atoms with Crippen LogP contribution in [0.25, 0.3) is 11.1 Å². The van der Waals surface area contributed by atoms with Crippen LogP contribution in [-0.4, -0.2) is 35.3 Å². The Kier molecular flexibility index (Phi) is 8.29. The van der Waals surface area contributed by atoms with Crippen molar-refractivity contribution in [2.24, 2.45) is 15.9 Å². The number of nitrogens with zero attached hydrogens (tertiary/aromatic N) is 1. The first kappa shape index (κ1) is 26.0. The van der Waals surface area contributed by atoms with Gasteiger partial charge in [0, 0.05) is 51.3 Å². The van der Waals surface area contributed by atoms with Gasteiger partial charge in [-0.15, -0.1) is 0 Å². The second kappa shape index (κ2) is 11.2. The maximum atomic E-state index is 13.1. The van der Waals surface area contributed by atoms with Gasteiger partial charge in [-0.1, -0.05) is 18.2 Å². The van der Waals surface area contributed by atoms with Crippen LogP contribution >= 0.6 is 11.9 Å². The van der Waals surface area contributed by atoms with Crippen molar-refractivity contribution in [1.29, 1.82) is 0 Å². The molecule has 0 saturated carbocycles. The number of hydrogen-bond acceptors (Lipinski definition) is 7. The van der Waals surface area contributed by atoms with E-state index in [0.29, 0.717) is 46.6 Å². The molecule has 0 heterocycles. The van der Waals surface area contributed by atoms with Crippen molar-refractivity contribution in [3.05, 3.63) is 77.4 Å². The highest BCUT2D eigenvalue weighted by Gasteiger charge is 2.15. The van der Waals surface area contributed by atoms with Gasteiger partial charge in [-0.25, -0.2) is 0 Å². The van der Waals surface area contributed by atoms with Crippen LogP contribution < -0.4 is 21.9 Å². The number of rotatable bonds is 9. The quantitative estimate of drug-likeness (QED) is 0.174. The molecule has 3 aromatic carbocycles. The average Bonchev–Trinajstić information content (AvgIpc) is 2.82. The molecule has 0 aromatic heterocycles. The number of carbonyl (C=O) groups excluding carboxylic acids is 2. The standard InChI is InChI=1S/C26H29N5O3S/c1-26(2,34)10-11-30-15-19-13-23(31-25(33)18-4-3-5-20(12-18)35-29)21(14-22(19)27)16-6-8-17(9-7-16)24(28)32/h3-9,12-15,34H,10-11,27,29H2,1-2H3,(H2,28,32)(H,31,33). The summed E-state index contributed by atoms with van der Waals surface area (Å²) in [7, 11) is 0. The van der Waals surface area contributed by atoms with E-state index < -0.39 is 11.5 Å². The second-order valence-corrected chi connectivity index (χ2v) is 9.37. The van der Waals surface area contributed by atoms with Crippen molar-refractivity contribution < 1.29 is 14.7 Å². The van der Waals surface area contributed by atoms with Crippen LogP contribution in [-0.2, 0) is 0 Å². The van der Waals surface area contributed by atoms with Gasteiger partial charge in [0.25, 0.3) is 5.91 Å². The van der Waals surface area contributed by atoms with Gasteiger partial charge in [-0.2, -0.15) is 0 Å². The molecule has 3 rings (SSSR count). The van der Waals surface area contributed by atoms with Gasteiger partial charge in [0.05, 0.1) is 5.60 Å². The monoisotopic (exact) mass is 491 g/mol. The largest absolute Gasteiger partial charge is 0.398 e. The van der Waals surface area contributed by atoms with E-state index in [4.69, 9.17) is 16.6 Å². The van der Waals surface area contributed by atoms with Crippen LogP contribution in [0.1, 0.15) is 46.5 Å². The van der Waals surface area contributed by atoms with E-state index in [0.717, 1.165) is 22.4 Å². The van der Waals surface area contributed by atoms with Crippen LogP contribution in [0.15, 0.2) is 70.6 Å².